The lowest BCUT2D eigenvalue weighted by Crippen LogP contribution is -2.00. The maximum atomic E-state index is 6.23. The third-order valence-electron chi connectivity index (χ3n) is 4.26. The molecule has 0 unspecified atom stereocenters. The van der Waals surface area contributed by atoms with Gasteiger partial charge < -0.3 is 5.32 Å². The van der Waals surface area contributed by atoms with Gasteiger partial charge in [0, 0.05) is 27.0 Å². The Morgan fingerprint density at radius 1 is 0.760 bits per heavy atom. The fourth-order valence-electron chi connectivity index (χ4n) is 2.88. The summed E-state index contributed by atoms with van der Waals surface area (Å²) in [5.74, 6) is 0.723. The minimum atomic E-state index is 0.723. The standard InChI is InChI=1S/C21H16ClN3/c1-14-18(22)12-7-13-19(14)23-21-17-11-6-5-10-16(17)20(24-25-21)15-8-3-2-4-9-15/h2-13H,1H3,(H,23,25). The van der Waals surface area contributed by atoms with Crippen LogP contribution in [-0.4, -0.2) is 10.2 Å². The first-order valence-electron chi connectivity index (χ1n) is 8.07. The van der Waals surface area contributed by atoms with Gasteiger partial charge in [0.2, 0.25) is 0 Å². The van der Waals surface area contributed by atoms with E-state index >= 15 is 0 Å². The number of hydrogen-bond acceptors (Lipinski definition) is 3. The van der Waals surface area contributed by atoms with Crippen LogP contribution in [0.2, 0.25) is 5.02 Å². The highest BCUT2D eigenvalue weighted by atomic mass is 35.5. The van der Waals surface area contributed by atoms with Crippen molar-refractivity contribution in [2.75, 3.05) is 5.32 Å². The van der Waals surface area contributed by atoms with Crippen LogP contribution >= 0.6 is 11.6 Å². The molecule has 3 nitrogen and oxygen atoms in total. The number of nitrogens with zero attached hydrogens (tertiary/aromatic N) is 2. The van der Waals surface area contributed by atoms with Gasteiger partial charge in [-0.25, -0.2) is 0 Å². The van der Waals surface area contributed by atoms with Crippen LogP contribution in [0, 0.1) is 6.92 Å². The smallest absolute Gasteiger partial charge is 0.161 e. The van der Waals surface area contributed by atoms with E-state index in [1.54, 1.807) is 0 Å². The molecular weight excluding hydrogens is 330 g/mol. The molecule has 0 saturated carbocycles. The van der Waals surface area contributed by atoms with Crippen LogP contribution < -0.4 is 5.32 Å². The Labute approximate surface area is 151 Å². The quantitative estimate of drug-likeness (QED) is 0.494. The third-order valence-corrected chi connectivity index (χ3v) is 4.66. The first kappa shape index (κ1) is 15.6. The second kappa shape index (κ2) is 6.54. The summed E-state index contributed by atoms with van der Waals surface area (Å²) in [7, 11) is 0. The maximum absolute atomic E-state index is 6.23. The topological polar surface area (TPSA) is 37.8 Å². The van der Waals surface area contributed by atoms with E-state index in [1.807, 2.05) is 67.6 Å². The lowest BCUT2D eigenvalue weighted by Gasteiger charge is -2.13. The summed E-state index contributed by atoms with van der Waals surface area (Å²) in [6, 6.07) is 24.0. The minimum absolute atomic E-state index is 0.723. The van der Waals surface area contributed by atoms with Crippen molar-refractivity contribution in [3.8, 4) is 11.3 Å². The monoisotopic (exact) mass is 345 g/mol. The van der Waals surface area contributed by atoms with Crippen molar-refractivity contribution >= 4 is 33.9 Å². The van der Waals surface area contributed by atoms with Gasteiger partial charge in [-0.15, -0.1) is 10.2 Å². The molecule has 0 atom stereocenters. The molecule has 4 heteroatoms. The molecule has 4 aromatic rings. The number of halogens is 1. The highest BCUT2D eigenvalue weighted by Crippen LogP contribution is 2.32. The summed E-state index contributed by atoms with van der Waals surface area (Å²) in [4.78, 5) is 0. The van der Waals surface area contributed by atoms with Gasteiger partial charge in [-0.05, 0) is 24.6 Å². The van der Waals surface area contributed by atoms with Gasteiger partial charge in [0.15, 0.2) is 5.82 Å². The van der Waals surface area contributed by atoms with Crippen molar-refractivity contribution < 1.29 is 0 Å². The van der Waals surface area contributed by atoms with Crippen molar-refractivity contribution in [2.24, 2.45) is 0 Å². The summed E-state index contributed by atoms with van der Waals surface area (Å²) in [5.41, 5.74) is 3.85. The Morgan fingerprint density at radius 2 is 1.48 bits per heavy atom. The highest BCUT2D eigenvalue weighted by molar-refractivity contribution is 6.31. The van der Waals surface area contributed by atoms with Crippen LogP contribution in [0.1, 0.15) is 5.56 Å². The molecule has 0 aliphatic heterocycles. The molecule has 4 rings (SSSR count). The van der Waals surface area contributed by atoms with Crippen LogP contribution in [0.25, 0.3) is 22.0 Å². The van der Waals surface area contributed by atoms with Gasteiger partial charge in [0.25, 0.3) is 0 Å². The molecule has 25 heavy (non-hydrogen) atoms. The Morgan fingerprint density at radius 3 is 2.28 bits per heavy atom. The van der Waals surface area contributed by atoms with Gasteiger partial charge in [-0.2, -0.15) is 0 Å². The highest BCUT2D eigenvalue weighted by Gasteiger charge is 2.12. The first-order chi connectivity index (χ1) is 12.2. The molecule has 0 aliphatic carbocycles. The van der Waals surface area contributed by atoms with Crippen LogP contribution in [0.15, 0.2) is 72.8 Å². The van der Waals surface area contributed by atoms with E-state index in [-0.39, 0.29) is 0 Å². The van der Waals surface area contributed by atoms with Crippen molar-refractivity contribution in [3.05, 3.63) is 83.4 Å². The van der Waals surface area contributed by atoms with E-state index in [4.69, 9.17) is 11.6 Å². The molecule has 1 aromatic heterocycles. The Hall–Kier alpha value is -2.91. The summed E-state index contributed by atoms with van der Waals surface area (Å²) in [5, 5.41) is 15.1. The molecule has 0 spiro atoms. The van der Waals surface area contributed by atoms with Crippen LogP contribution in [0.4, 0.5) is 11.5 Å². The molecule has 0 saturated heterocycles. The molecule has 122 valence electrons. The molecule has 0 bridgehead atoms. The zero-order valence-corrected chi connectivity index (χ0v) is 14.5. The number of rotatable bonds is 3. The largest absolute Gasteiger partial charge is 0.338 e. The van der Waals surface area contributed by atoms with Crippen molar-refractivity contribution in [1.82, 2.24) is 10.2 Å². The molecule has 0 amide bonds. The Bertz CT molecular complexity index is 1050. The van der Waals surface area contributed by atoms with Crippen LogP contribution in [-0.2, 0) is 0 Å². The lowest BCUT2D eigenvalue weighted by molar-refractivity contribution is 1.06. The van der Waals surface area contributed by atoms with E-state index in [0.29, 0.717) is 0 Å². The fraction of sp³-hybridized carbons (Fsp3) is 0.0476. The molecule has 0 radical (unpaired) electrons. The van der Waals surface area contributed by atoms with E-state index < -0.39 is 0 Å². The van der Waals surface area contributed by atoms with Crippen molar-refractivity contribution in [1.29, 1.82) is 0 Å². The maximum Gasteiger partial charge on any atom is 0.161 e. The van der Waals surface area contributed by atoms with Crippen LogP contribution in [0.5, 0.6) is 0 Å². The van der Waals surface area contributed by atoms with Crippen LogP contribution in [0.3, 0.4) is 0 Å². The number of benzene rings is 3. The molecule has 1 heterocycles. The number of aromatic nitrogens is 2. The number of nitrogens with one attached hydrogen (secondary N) is 1. The van der Waals surface area contributed by atoms with E-state index in [2.05, 4.69) is 27.6 Å². The fourth-order valence-corrected chi connectivity index (χ4v) is 3.05. The average Bonchev–Trinajstić information content (AvgIpc) is 2.66. The number of anilines is 2. The van der Waals surface area contributed by atoms with E-state index in [9.17, 15) is 0 Å². The van der Waals surface area contributed by atoms with Gasteiger partial charge in [-0.3, -0.25) is 0 Å². The summed E-state index contributed by atoms with van der Waals surface area (Å²) in [6.07, 6.45) is 0. The third kappa shape index (κ3) is 2.94. The van der Waals surface area contributed by atoms with E-state index in [1.165, 1.54) is 0 Å². The predicted molar refractivity (Wildman–Crippen MR) is 104 cm³/mol. The first-order valence-corrected chi connectivity index (χ1v) is 8.45. The zero-order valence-electron chi connectivity index (χ0n) is 13.7. The van der Waals surface area contributed by atoms with Gasteiger partial charge in [-0.1, -0.05) is 72.3 Å². The lowest BCUT2D eigenvalue weighted by atomic mass is 10.0. The normalized spacial score (nSPS) is 10.8. The summed E-state index contributed by atoms with van der Waals surface area (Å²) >= 11 is 6.23. The molecule has 0 fully saturated rings. The minimum Gasteiger partial charge on any atom is -0.338 e. The Balaban J connectivity index is 1.86. The van der Waals surface area contributed by atoms with Crippen molar-refractivity contribution in [2.45, 2.75) is 6.92 Å². The van der Waals surface area contributed by atoms with Gasteiger partial charge in [0.05, 0.1) is 0 Å². The predicted octanol–water partition coefficient (Wildman–Crippen LogP) is 6.00. The molecule has 3 aromatic carbocycles. The SMILES string of the molecule is Cc1c(Cl)cccc1Nc1nnc(-c2ccccc2)c2ccccc12. The molecule has 0 aliphatic rings. The van der Waals surface area contributed by atoms with Gasteiger partial charge in [0.1, 0.15) is 5.69 Å². The zero-order chi connectivity index (χ0) is 17.2. The van der Waals surface area contributed by atoms with Crippen molar-refractivity contribution in [3.63, 3.8) is 0 Å². The summed E-state index contributed by atoms with van der Waals surface area (Å²) in [6.45, 7) is 1.98. The number of hydrogen-bond donors (Lipinski definition) is 1. The number of fused-ring (bicyclic) bond motifs is 1. The summed E-state index contributed by atoms with van der Waals surface area (Å²) < 4.78 is 0. The average molecular weight is 346 g/mol. The van der Waals surface area contributed by atoms with Gasteiger partial charge >= 0.3 is 0 Å². The molecular formula is C21H16ClN3. The second-order valence-corrected chi connectivity index (χ2v) is 6.25. The van der Waals surface area contributed by atoms with E-state index in [0.717, 1.165) is 44.1 Å². The Kier molecular flexibility index (Phi) is 4.08. The molecule has 1 N–H and O–H groups in total. The second-order valence-electron chi connectivity index (χ2n) is 5.85.